The average molecular weight is 305 g/mol. The first-order valence-electron chi connectivity index (χ1n) is 6.94. The summed E-state index contributed by atoms with van der Waals surface area (Å²) in [6.45, 7) is 2.44. The monoisotopic (exact) mass is 305 g/mol. The highest BCUT2D eigenvalue weighted by molar-refractivity contribution is 7.98. The Balaban J connectivity index is 1.78. The van der Waals surface area contributed by atoms with Gasteiger partial charge in [0, 0.05) is 30.8 Å². The lowest BCUT2D eigenvalue weighted by Crippen LogP contribution is -2.18. The van der Waals surface area contributed by atoms with Gasteiger partial charge in [0.25, 0.3) is 0 Å². The van der Waals surface area contributed by atoms with Crippen LogP contribution in [0.15, 0.2) is 53.4 Å². The Hall–Kier alpha value is -1.36. The number of rotatable bonds is 8. The quantitative estimate of drug-likeness (QED) is 0.591. The smallest absolute Gasteiger partial charge is 0.123 e. The predicted molar refractivity (Wildman–Crippen MR) is 86.0 cm³/mol. The molecule has 0 unspecified atom stereocenters. The number of methoxy groups -OCH3 is 1. The van der Waals surface area contributed by atoms with Crippen LogP contribution in [0.3, 0.4) is 0 Å². The van der Waals surface area contributed by atoms with Crippen molar-refractivity contribution in [2.24, 2.45) is 0 Å². The molecule has 0 aliphatic carbocycles. The molecule has 0 radical (unpaired) electrons. The third kappa shape index (κ3) is 5.87. The molecule has 0 saturated heterocycles. The Labute approximate surface area is 129 Å². The standard InChI is InChI=1S/C17H20FNOS/c1-20-11-10-19-12-14-4-8-17(9-5-14)21-13-15-2-6-16(18)7-3-15/h2-9,19H,10-13H2,1H3. The molecule has 0 bridgehead atoms. The summed E-state index contributed by atoms with van der Waals surface area (Å²) in [6.07, 6.45) is 0. The Kier molecular flexibility index (Phi) is 6.73. The maximum Gasteiger partial charge on any atom is 0.123 e. The maximum atomic E-state index is 12.8. The second kappa shape index (κ2) is 8.82. The van der Waals surface area contributed by atoms with Crippen molar-refractivity contribution in [1.29, 1.82) is 0 Å². The molecule has 1 N–H and O–H groups in total. The molecule has 0 aliphatic heterocycles. The van der Waals surface area contributed by atoms with Crippen LogP contribution in [-0.2, 0) is 17.0 Å². The lowest BCUT2D eigenvalue weighted by atomic mass is 10.2. The van der Waals surface area contributed by atoms with Crippen LogP contribution in [0.25, 0.3) is 0 Å². The van der Waals surface area contributed by atoms with E-state index in [0.29, 0.717) is 0 Å². The van der Waals surface area contributed by atoms with Gasteiger partial charge in [0.15, 0.2) is 0 Å². The van der Waals surface area contributed by atoms with E-state index in [4.69, 9.17) is 4.74 Å². The first-order valence-corrected chi connectivity index (χ1v) is 7.92. The lowest BCUT2D eigenvalue weighted by Gasteiger charge is -2.06. The number of thioether (sulfide) groups is 1. The SMILES string of the molecule is COCCNCc1ccc(SCc2ccc(F)cc2)cc1. The minimum Gasteiger partial charge on any atom is -0.383 e. The van der Waals surface area contributed by atoms with E-state index < -0.39 is 0 Å². The maximum absolute atomic E-state index is 12.8. The second-order valence-electron chi connectivity index (χ2n) is 4.73. The number of hydrogen-bond donors (Lipinski definition) is 1. The zero-order valence-corrected chi connectivity index (χ0v) is 13.0. The van der Waals surface area contributed by atoms with Gasteiger partial charge in [0.1, 0.15) is 5.82 Å². The largest absolute Gasteiger partial charge is 0.383 e. The van der Waals surface area contributed by atoms with Gasteiger partial charge in [-0.25, -0.2) is 4.39 Å². The van der Waals surface area contributed by atoms with Gasteiger partial charge in [-0.3, -0.25) is 0 Å². The summed E-state index contributed by atoms with van der Waals surface area (Å²) < 4.78 is 17.8. The van der Waals surface area contributed by atoms with Crippen molar-refractivity contribution in [2.75, 3.05) is 20.3 Å². The van der Waals surface area contributed by atoms with Crippen molar-refractivity contribution in [3.8, 4) is 0 Å². The van der Waals surface area contributed by atoms with E-state index in [9.17, 15) is 4.39 Å². The summed E-state index contributed by atoms with van der Waals surface area (Å²) in [7, 11) is 1.70. The van der Waals surface area contributed by atoms with Crippen LogP contribution in [0.5, 0.6) is 0 Å². The molecule has 0 heterocycles. The molecule has 2 rings (SSSR count). The molecular formula is C17H20FNOS. The van der Waals surface area contributed by atoms with Crippen LogP contribution in [0.2, 0.25) is 0 Å². The van der Waals surface area contributed by atoms with E-state index in [1.165, 1.54) is 22.6 Å². The molecule has 21 heavy (non-hydrogen) atoms. The molecule has 112 valence electrons. The third-order valence-electron chi connectivity index (χ3n) is 3.05. The molecule has 0 saturated carbocycles. The number of halogens is 1. The van der Waals surface area contributed by atoms with Gasteiger partial charge in [-0.1, -0.05) is 24.3 Å². The van der Waals surface area contributed by atoms with Crippen LogP contribution in [0, 0.1) is 5.82 Å². The van der Waals surface area contributed by atoms with E-state index in [2.05, 4.69) is 29.6 Å². The minimum absolute atomic E-state index is 0.186. The van der Waals surface area contributed by atoms with Crippen LogP contribution in [-0.4, -0.2) is 20.3 Å². The molecule has 0 amide bonds. The molecule has 0 atom stereocenters. The van der Waals surface area contributed by atoms with Crippen LogP contribution in [0.4, 0.5) is 4.39 Å². The van der Waals surface area contributed by atoms with Crippen molar-refractivity contribution < 1.29 is 9.13 Å². The van der Waals surface area contributed by atoms with Gasteiger partial charge in [-0.05, 0) is 35.4 Å². The molecule has 4 heteroatoms. The van der Waals surface area contributed by atoms with Crippen LogP contribution in [0.1, 0.15) is 11.1 Å². The van der Waals surface area contributed by atoms with E-state index in [1.807, 2.05) is 12.1 Å². The van der Waals surface area contributed by atoms with Gasteiger partial charge >= 0.3 is 0 Å². The fourth-order valence-corrected chi connectivity index (χ4v) is 2.71. The molecule has 2 aromatic carbocycles. The van der Waals surface area contributed by atoms with Crippen molar-refractivity contribution >= 4 is 11.8 Å². The summed E-state index contributed by atoms with van der Waals surface area (Å²) in [5.74, 6) is 0.667. The molecule has 2 aromatic rings. The van der Waals surface area contributed by atoms with Gasteiger partial charge in [0.2, 0.25) is 0 Å². The molecule has 0 spiro atoms. The first kappa shape index (κ1) is 16.0. The van der Waals surface area contributed by atoms with Gasteiger partial charge in [0.05, 0.1) is 6.61 Å². The van der Waals surface area contributed by atoms with Crippen molar-refractivity contribution in [3.05, 3.63) is 65.5 Å². The van der Waals surface area contributed by atoms with Gasteiger partial charge in [-0.15, -0.1) is 11.8 Å². The fraction of sp³-hybridized carbons (Fsp3) is 0.294. The summed E-state index contributed by atoms with van der Waals surface area (Å²) in [6, 6.07) is 15.2. The normalized spacial score (nSPS) is 10.8. The van der Waals surface area contributed by atoms with Crippen molar-refractivity contribution in [3.63, 3.8) is 0 Å². The Bertz CT molecular complexity index is 527. The van der Waals surface area contributed by atoms with E-state index in [-0.39, 0.29) is 5.82 Å². The summed E-state index contributed by atoms with van der Waals surface area (Å²) in [5.41, 5.74) is 2.39. The molecule has 0 aromatic heterocycles. The number of ether oxygens (including phenoxy) is 1. The highest BCUT2D eigenvalue weighted by Crippen LogP contribution is 2.23. The predicted octanol–water partition coefficient (Wildman–Crippen LogP) is 3.85. The van der Waals surface area contributed by atoms with Crippen molar-refractivity contribution in [2.45, 2.75) is 17.2 Å². The number of nitrogens with one attached hydrogen (secondary N) is 1. The summed E-state index contributed by atoms with van der Waals surface area (Å²) >= 11 is 1.76. The lowest BCUT2D eigenvalue weighted by molar-refractivity contribution is 0.199. The summed E-state index contributed by atoms with van der Waals surface area (Å²) in [5, 5.41) is 3.32. The minimum atomic E-state index is -0.186. The highest BCUT2D eigenvalue weighted by atomic mass is 32.2. The molecule has 0 aliphatic rings. The second-order valence-corrected chi connectivity index (χ2v) is 5.78. The van der Waals surface area contributed by atoms with E-state index in [1.54, 1.807) is 18.9 Å². The number of hydrogen-bond acceptors (Lipinski definition) is 3. The Morgan fingerprint density at radius 2 is 1.67 bits per heavy atom. The zero-order valence-electron chi connectivity index (χ0n) is 12.1. The van der Waals surface area contributed by atoms with Crippen LogP contribution >= 0.6 is 11.8 Å². The highest BCUT2D eigenvalue weighted by Gasteiger charge is 1.98. The first-order chi connectivity index (χ1) is 10.3. The Morgan fingerprint density at radius 3 is 2.33 bits per heavy atom. The number of benzene rings is 2. The third-order valence-corrected chi connectivity index (χ3v) is 4.14. The summed E-state index contributed by atoms with van der Waals surface area (Å²) in [4.78, 5) is 1.22. The zero-order chi connectivity index (χ0) is 14.9. The van der Waals surface area contributed by atoms with Gasteiger partial charge < -0.3 is 10.1 Å². The Morgan fingerprint density at radius 1 is 1.00 bits per heavy atom. The van der Waals surface area contributed by atoms with Crippen LogP contribution < -0.4 is 5.32 Å². The molecule has 2 nitrogen and oxygen atoms in total. The molecular weight excluding hydrogens is 285 g/mol. The topological polar surface area (TPSA) is 21.3 Å². The van der Waals surface area contributed by atoms with E-state index in [0.717, 1.165) is 31.0 Å². The van der Waals surface area contributed by atoms with Gasteiger partial charge in [-0.2, -0.15) is 0 Å². The average Bonchev–Trinajstić information content (AvgIpc) is 2.52. The fourth-order valence-electron chi connectivity index (χ4n) is 1.86. The van der Waals surface area contributed by atoms with Crippen molar-refractivity contribution in [1.82, 2.24) is 5.32 Å². The molecule has 0 fully saturated rings. The van der Waals surface area contributed by atoms with E-state index >= 15 is 0 Å².